The Morgan fingerprint density at radius 3 is 2.22 bits per heavy atom. The molecule has 1 aromatic heterocycles. The summed E-state index contributed by atoms with van der Waals surface area (Å²) in [5, 5.41) is 5.03. The number of halogens is 1. The van der Waals surface area contributed by atoms with Crippen molar-refractivity contribution in [3.63, 3.8) is 0 Å². The van der Waals surface area contributed by atoms with Gasteiger partial charge in [-0.25, -0.2) is 4.79 Å². The summed E-state index contributed by atoms with van der Waals surface area (Å²) in [6.45, 7) is 3.16. The smallest absolute Gasteiger partial charge is 0.328 e. The molecule has 1 aliphatic heterocycles. The van der Waals surface area contributed by atoms with Crippen LogP contribution in [-0.2, 0) is 16.2 Å². The second-order valence-electron chi connectivity index (χ2n) is 5.06. The number of fused-ring (bicyclic) bond motifs is 1. The number of benzene rings is 1. The number of amides is 2. The minimum atomic E-state index is -0.790. The maximum atomic E-state index is 12.1. The van der Waals surface area contributed by atoms with Gasteiger partial charge < -0.3 is 4.84 Å². The predicted molar refractivity (Wildman–Crippen MR) is 79.7 cm³/mol. The first-order valence-corrected chi connectivity index (χ1v) is 7.16. The summed E-state index contributed by atoms with van der Waals surface area (Å²) in [5.41, 5.74) is 1.60. The Labute approximate surface area is 136 Å². The van der Waals surface area contributed by atoms with Crippen LogP contribution in [0, 0.1) is 13.8 Å². The largest absolute Gasteiger partial charge is 0.354 e. The van der Waals surface area contributed by atoms with E-state index >= 15 is 0 Å². The van der Waals surface area contributed by atoms with E-state index in [1.165, 1.54) is 16.8 Å². The molecule has 1 aromatic carbocycles. The third kappa shape index (κ3) is 2.49. The van der Waals surface area contributed by atoms with Crippen LogP contribution in [0.4, 0.5) is 0 Å². The minimum Gasteiger partial charge on any atom is -0.328 e. The lowest BCUT2D eigenvalue weighted by molar-refractivity contribution is -0.169. The standard InChI is InChI=1S/C15H12ClN3O4/c1-8-13(16)9(2)18(17-8)7-12(20)23-19-14(21)10-5-3-4-6-11(10)15(19)22/h3-6H,7H2,1-2H3. The Bertz CT molecular complexity index is 808. The van der Waals surface area contributed by atoms with Crippen molar-refractivity contribution in [1.82, 2.24) is 14.8 Å². The molecule has 23 heavy (non-hydrogen) atoms. The summed E-state index contributed by atoms with van der Waals surface area (Å²) in [6, 6.07) is 6.27. The first-order valence-electron chi connectivity index (χ1n) is 6.78. The fourth-order valence-corrected chi connectivity index (χ4v) is 2.47. The summed E-state index contributed by atoms with van der Waals surface area (Å²) in [6.07, 6.45) is 0. The summed E-state index contributed by atoms with van der Waals surface area (Å²) in [5.74, 6) is -2.11. The second-order valence-corrected chi connectivity index (χ2v) is 5.43. The van der Waals surface area contributed by atoms with Gasteiger partial charge in [0.2, 0.25) is 0 Å². The Morgan fingerprint density at radius 2 is 1.74 bits per heavy atom. The van der Waals surface area contributed by atoms with Gasteiger partial charge in [-0.3, -0.25) is 14.3 Å². The van der Waals surface area contributed by atoms with Gasteiger partial charge in [0, 0.05) is 0 Å². The van der Waals surface area contributed by atoms with Crippen molar-refractivity contribution in [3.8, 4) is 0 Å². The molecule has 0 unspecified atom stereocenters. The maximum Gasteiger partial charge on any atom is 0.354 e. The molecule has 0 spiro atoms. The third-order valence-electron chi connectivity index (χ3n) is 3.52. The number of hydrogen-bond acceptors (Lipinski definition) is 5. The quantitative estimate of drug-likeness (QED) is 0.801. The normalized spacial score (nSPS) is 13.4. The van der Waals surface area contributed by atoms with E-state index < -0.39 is 17.8 Å². The van der Waals surface area contributed by atoms with Crippen molar-refractivity contribution in [2.45, 2.75) is 20.4 Å². The van der Waals surface area contributed by atoms with Crippen LogP contribution in [0.25, 0.3) is 0 Å². The van der Waals surface area contributed by atoms with E-state index in [-0.39, 0.29) is 17.7 Å². The molecular formula is C15H12ClN3O4. The third-order valence-corrected chi connectivity index (χ3v) is 4.07. The molecule has 3 rings (SSSR count). The molecule has 2 aromatic rings. The van der Waals surface area contributed by atoms with Crippen LogP contribution in [0.2, 0.25) is 5.02 Å². The van der Waals surface area contributed by atoms with Crippen LogP contribution in [0.3, 0.4) is 0 Å². The number of carbonyl (C=O) groups is 3. The second kappa shape index (κ2) is 5.51. The number of carbonyl (C=O) groups excluding carboxylic acids is 3. The molecule has 7 nitrogen and oxygen atoms in total. The lowest BCUT2D eigenvalue weighted by Gasteiger charge is -2.13. The average molecular weight is 334 g/mol. The zero-order valence-electron chi connectivity index (χ0n) is 12.4. The van der Waals surface area contributed by atoms with Crippen molar-refractivity contribution in [3.05, 3.63) is 51.8 Å². The highest BCUT2D eigenvalue weighted by molar-refractivity contribution is 6.31. The number of nitrogens with zero attached hydrogens (tertiary/aromatic N) is 3. The first kappa shape index (κ1) is 15.2. The van der Waals surface area contributed by atoms with Gasteiger partial charge in [0.1, 0.15) is 6.54 Å². The van der Waals surface area contributed by atoms with Gasteiger partial charge in [-0.2, -0.15) is 5.10 Å². The Balaban J connectivity index is 1.75. The van der Waals surface area contributed by atoms with Gasteiger partial charge in [-0.1, -0.05) is 28.8 Å². The van der Waals surface area contributed by atoms with Gasteiger partial charge in [0.15, 0.2) is 0 Å². The Kier molecular flexibility index (Phi) is 3.65. The maximum absolute atomic E-state index is 12.1. The molecule has 2 heterocycles. The summed E-state index contributed by atoms with van der Waals surface area (Å²) >= 11 is 6.01. The highest BCUT2D eigenvalue weighted by Crippen LogP contribution is 2.23. The predicted octanol–water partition coefficient (Wildman–Crippen LogP) is 1.91. The van der Waals surface area contributed by atoms with Crippen molar-refractivity contribution in [2.75, 3.05) is 0 Å². The number of hydrogen-bond donors (Lipinski definition) is 0. The fraction of sp³-hybridized carbons (Fsp3) is 0.200. The van der Waals surface area contributed by atoms with Gasteiger partial charge >= 0.3 is 5.97 Å². The number of hydroxylamine groups is 2. The number of rotatable bonds is 3. The van der Waals surface area contributed by atoms with Crippen LogP contribution in [0.15, 0.2) is 24.3 Å². The summed E-state index contributed by atoms with van der Waals surface area (Å²) in [4.78, 5) is 41.1. The Hall–Kier alpha value is -2.67. The van der Waals surface area contributed by atoms with Crippen LogP contribution >= 0.6 is 11.6 Å². The summed E-state index contributed by atoms with van der Waals surface area (Å²) in [7, 11) is 0. The fourth-order valence-electron chi connectivity index (χ4n) is 2.33. The molecule has 8 heteroatoms. The number of imide groups is 1. The van der Waals surface area contributed by atoms with E-state index in [0.717, 1.165) is 0 Å². The van der Waals surface area contributed by atoms with Crippen LogP contribution in [-0.4, -0.2) is 32.6 Å². The molecule has 0 N–H and O–H groups in total. The van der Waals surface area contributed by atoms with Crippen LogP contribution < -0.4 is 0 Å². The van der Waals surface area contributed by atoms with E-state index in [9.17, 15) is 14.4 Å². The molecule has 0 atom stereocenters. The topological polar surface area (TPSA) is 81.5 Å². The van der Waals surface area contributed by atoms with Crippen LogP contribution in [0.1, 0.15) is 32.1 Å². The molecule has 0 aliphatic carbocycles. The van der Waals surface area contributed by atoms with Gasteiger partial charge in [0.25, 0.3) is 11.8 Å². The number of aryl methyl sites for hydroxylation is 1. The monoisotopic (exact) mass is 333 g/mol. The summed E-state index contributed by atoms with van der Waals surface area (Å²) < 4.78 is 1.36. The molecule has 1 aliphatic rings. The van der Waals surface area contributed by atoms with E-state index in [0.29, 0.717) is 21.5 Å². The molecule has 0 fully saturated rings. The van der Waals surface area contributed by atoms with E-state index in [4.69, 9.17) is 16.4 Å². The zero-order chi connectivity index (χ0) is 16.7. The molecule has 118 valence electrons. The van der Waals surface area contributed by atoms with Gasteiger partial charge in [-0.15, -0.1) is 0 Å². The lowest BCUT2D eigenvalue weighted by Crippen LogP contribution is -2.34. The SMILES string of the molecule is Cc1nn(CC(=O)ON2C(=O)c3ccccc3C2=O)c(C)c1Cl. The Morgan fingerprint density at radius 1 is 1.17 bits per heavy atom. The van der Waals surface area contributed by atoms with Gasteiger partial charge in [0.05, 0.1) is 27.5 Å². The number of aromatic nitrogens is 2. The lowest BCUT2D eigenvalue weighted by atomic mass is 10.1. The van der Waals surface area contributed by atoms with E-state index in [1.54, 1.807) is 26.0 Å². The van der Waals surface area contributed by atoms with Crippen LogP contribution in [0.5, 0.6) is 0 Å². The molecule has 0 radical (unpaired) electrons. The van der Waals surface area contributed by atoms with Gasteiger partial charge in [-0.05, 0) is 26.0 Å². The van der Waals surface area contributed by atoms with E-state index in [1.807, 2.05) is 0 Å². The van der Waals surface area contributed by atoms with Crippen molar-refractivity contribution in [2.24, 2.45) is 0 Å². The molecule has 0 saturated heterocycles. The molecule has 0 saturated carbocycles. The zero-order valence-corrected chi connectivity index (χ0v) is 13.1. The van der Waals surface area contributed by atoms with Crippen molar-refractivity contribution >= 4 is 29.4 Å². The molecule has 2 amide bonds. The van der Waals surface area contributed by atoms with E-state index in [2.05, 4.69) is 5.10 Å². The molecular weight excluding hydrogens is 322 g/mol. The minimum absolute atomic E-state index is 0.208. The average Bonchev–Trinajstić information content (AvgIpc) is 2.91. The highest BCUT2D eigenvalue weighted by atomic mass is 35.5. The first-order chi connectivity index (χ1) is 10.9. The molecule has 0 bridgehead atoms. The van der Waals surface area contributed by atoms with Crippen molar-refractivity contribution in [1.29, 1.82) is 0 Å². The van der Waals surface area contributed by atoms with Crippen molar-refractivity contribution < 1.29 is 19.2 Å². The highest BCUT2D eigenvalue weighted by Gasteiger charge is 2.38.